The van der Waals surface area contributed by atoms with Crippen LogP contribution in [-0.4, -0.2) is 99.1 Å². The van der Waals surface area contributed by atoms with Gasteiger partial charge in [-0.25, -0.2) is 4.79 Å². The largest absolute Gasteiger partial charge is 0.571 e. The molecule has 3 aromatic rings. The number of rotatable bonds is 6. The molecule has 5 rings (SSSR count). The number of aliphatic hydroxyl groups excluding tert-OH is 3. The summed E-state index contributed by atoms with van der Waals surface area (Å²) in [6, 6.07) is 7.60. The van der Waals surface area contributed by atoms with Crippen LogP contribution in [0.15, 0.2) is 48.2 Å². The van der Waals surface area contributed by atoms with Gasteiger partial charge in [-0.2, -0.15) is 0 Å². The Morgan fingerprint density at radius 2 is 1.53 bits per heavy atom. The lowest BCUT2D eigenvalue weighted by Crippen LogP contribution is -2.60. The third-order valence-corrected chi connectivity index (χ3v) is 6.89. The third kappa shape index (κ3) is 5.56. The standard InChI is InChI=1S/C28H26O15/c29-9-21-23(37)24(38)26(43-27(39)11-4-17(34)22(36)18(35)5-11)28(42-21)41-20-8-13-15(32)6-12(30)7-19(13)40-25(20)10-1-2-14(31)16(33)3-10/h1-8,21,23-26,28-38H,9H2/p+1/t21-,23-,24+,25?,26-,28-/m1/s1. The van der Waals surface area contributed by atoms with Crippen molar-refractivity contribution in [1.29, 1.82) is 0 Å². The molecule has 2 heterocycles. The fourth-order valence-corrected chi connectivity index (χ4v) is 4.66. The van der Waals surface area contributed by atoms with Crippen molar-refractivity contribution in [3.8, 4) is 46.0 Å². The lowest BCUT2D eigenvalue weighted by atomic mass is 9.98. The molecule has 6 atom stereocenters. The summed E-state index contributed by atoms with van der Waals surface area (Å²) in [4.78, 5) is 12.9. The number of benzene rings is 3. The number of aliphatic hydroxyl groups is 4. The molecule has 1 fully saturated rings. The number of hydrogen-bond donors (Lipinski definition) is 10. The zero-order valence-electron chi connectivity index (χ0n) is 21.8. The Morgan fingerprint density at radius 1 is 0.837 bits per heavy atom. The Morgan fingerprint density at radius 3 is 2.19 bits per heavy atom. The predicted molar refractivity (Wildman–Crippen MR) is 141 cm³/mol. The van der Waals surface area contributed by atoms with Gasteiger partial charge in [0.1, 0.15) is 35.4 Å². The minimum Gasteiger partial charge on any atom is -0.571 e. The molecule has 11 N–H and O–H groups in total. The minimum absolute atomic E-state index is 0.0886. The maximum Gasteiger partial charge on any atom is 0.339 e. The molecule has 0 saturated carbocycles. The van der Waals surface area contributed by atoms with E-state index in [-0.39, 0.29) is 28.4 Å². The summed E-state index contributed by atoms with van der Waals surface area (Å²) < 4.78 is 21.5. The van der Waals surface area contributed by atoms with E-state index in [1.165, 1.54) is 30.3 Å². The van der Waals surface area contributed by atoms with Crippen molar-refractivity contribution in [2.24, 2.45) is 0 Å². The van der Waals surface area contributed by atoms with Gasteiger partial charge in [-0.15, -0.1) is 0 Å². The highest BCUT2D eigenvalue weighted by Crippen LogP contribution is 2.46. The van der Waals surface area contributed by atoms with E-state index in [4.69, 9.17) is 14.2 Å². The van der Waals surface area contributed by atoms with Gasteiger partial charge in [-0.3, -0.25) is 0 Å². The lowest BCUT2D eigenvalue weighted by molar-refractivity contribution is -0.294. The van der Waals surface area contributed by atoms with Crippen molar-refractivity contribution in [3.05, 3.63) is 64.9 Å². The topological polar surface area (TPSA) is 260 Å². The van der Waals surface area contributed by atoms with Crippen LogP contribution < -0.4 is 0 Å². The number of phenolic OH excluding ortho intramolecular Hbond substituents is 7. The van der Waals surface area contributed by atoms with E-state index >= 15 is 0 Å². The van der Waals surface area contributed by atoms with Crippen molar-refractivity contribution < 1.29 is 74.8 Å². The summed E-state index contributed by atoms with van der Waals surface area (Å²) in [7, 11) is 0. The first-order chi connectivity index (χ1) is 20.4. The molecule has 228 valence electrons. The summed E-state index contributed by atoms with van der Waals surface area (Å²) in [5.74, 6) is -5.47. The second-order valence-electron chi connectivity index (χ2n) is 9.78. The van der Waals surface area contributed by atoms with Gasteiger partial charge in [0.2, 0.25) is 6.29 Å². The molecule has 1 unspecified atom stereocenters. The van der Waals surface area contributed by atoms with Gasteiger partial charge in [-0.1, -0.05) is 0 Å². The molecule has 2 aliphatic heterocycles. The Balaban J connectivity index is 1.54. The van der Waals surface area contributed by atoms with Crippen LogP contribution in [0.2, 0.25) is 0 Å². The molecule has 0 bridgehead atoms. The maximum absolute atomic E-state index is 12.9. The van der Waals surface area contributed by atoms with Gasteiger partial charge in [0.15, 0.2) is 40.6 Å². The summed E-state index contributed by atoms with van der Waals surface area (Å²) in [6.07, 6.45) is -8.51. The molecule has 15 nitrogen and oxygen atoms in total. The third-order valence-electron chi connectivity index (χ3n) is 6.89. The van der Waals surface area contributed by atoms with E-state index < -0.39 is 89.4 Å². The summed E-state index contributed by atoms with van der Waals surface area (Å²) >= 11 is 0. The van der Waals surface area contributed by atoms with Crippen molar-refractivity contribution in [1.82, 2.24) is 0 Å². The average molecular weight is 604 g/mol. The number of esters is 1. The molecular weight excluding hydrogens is 576 g/mol. The molecule has 0 aromatic heterocycles. The average Bonchev–Trinajstić information content (AvgIpc) is 2.96. The van der Waals surface area contributed by atoms with E-state index in [1.807, 2.05) is 0 Å². The SMILES string of the molecule is O=C(O[C@H]1[C@H](OC2=Cc3c(O)cc(O)cc3[OH+]C2c2ccc(O)c(O)c2)O[C@H](CO)[C@@H](O)[C@@H]1O)c1cc(O)c(O)c(O)c1. The quantitative estimate of drug-likeness (QED) is 0.105. The highest BCUT2D eigenvalue weighted by Gasteiger charge is 2.49. The molecule has 0 aliphatic carbocycles. The number of carbonyl (C=O) groups excluding carboxylic acids is 1. The Kier molecular flexibility index (Phi) is 7.72. The number of hydrogen-bond acceptors (Lipinski definition) is 14. The van der Waals surface area contributed by atoms with Crippen LogP contribution in [0.1, 0.15) is 27.6 Å². The van der Waals surface area contributed by atoms with E-state index in [0.717, 1.165) is 18.2 Å². The Bertz CT molecular complexity index is 1560. The van der Waals surface area contributed by atoms with Gasteiger partial charge < -0.3 is 70.0 Å². The van der Waals surface area contributed by atoms with Crippen LogP contribution in [0, 0.1) is 0 Å². The summed E-state index contributed by atoms with van der Waals surface area (Å²) in [6.45, 7) is -0.792. The maximum atomic E-state index is 12.9. The molecule has 0 radical (unpaired) electrons. The summed E-state index contributed by atoms with van der Waals surface area (Å²) in [5.41, 5.74) is -0.125. The fraction of sp³-hybridized carbons (Fsp3) is 0.250. The van der Waals surface area contributed by atoms with E-state index in [9.17, 15) is 55.9 Å². The monoisotopic (exact) mass is 603 g/mol. The number of ether oxygens (including phenoxy) is 4. The molecule has 0 spiro atoms. The summed E-state index contributed by atoms with van der Waals surface area (Å²) in [5, 5.41) is 101. The zero-order valence-corrected chi connectivity index (χ0v) is 21.8. The molecule has 15 heteroatoms. The molecule has 0 amide bonds. The Hall–Kier alpha value is -5.09. The van der Waals surface area contributed by atoms with Gasteiger partial charge in [0, 0.05) is 12.1 Å². The number of fused-ring (bicyclic) bond motifs is 1. The van der Waals surface area contributed by atoms with Gasteiger partial charge >= 0.3 is 5.97 Å². The van der Waals surface area contributed by atoms with Gasteiger partial charge in [0.05, 0.1) is 23.8 Å². The molecule has 1 saturated heterocycles. The lowest BCUT2D eigenvalue weighted by Gasteiger charge is -2.42. The van der Waals surface area contributed by atoms with E-state index in [1.54, 1.807) is 0 Å². The smallest absolute Gasteiger partial charge is 0.339 e. The highest BCUT2D eigenvalue weighted by atomic mass is 16.7. The number of carbonyl (C=O) groups is 1. The normalized spacial score (nSPS) is 24.8. The van der Waals surface area contributed by atoms with Crippen molar-refractivity contribution in [2.45, 2.75) is 36.8 Å². The van der Waals surface area contributed by atoms with Crippen molar-refractivity contribution >= 4 is 12.0 Å². The van der Waals surface area contributed by atoms with Crippen LogP contribution in [0.5, 0.6) is 46.0 Å². The molecule has 3 aromatic carbocycles. The van der Waals surface area contributed by atoms with E-state index in [0.29, 0.717) is 0 Å². The molecule has 43 heavy (non-hydrogen) atoms. The van der Waals surface area contributed by atoms with E-state index in [2.05, 4.69) is 4.74 Å². The molecular formula is C28H27O15+. The first-order valence-electron chi connectivity index (χ1n) is 12.6. The fourth-order valence-electron chi connectivity index (χ4n) is 4.66. The Labute approximate surface area is 241 Å². The molecule has 2 aliphatic rings. The van der Waals surface area contributed by atoms with Gasteiger partial charge in [-0.05, 0) is 30.3 Å². The first kappa shape index (κ1) is 29.4. The second-order valence-corrected chi connectivity index (χ2v) is 9.78. The van der Waals surface area contributed by atoms with Crippen molar-refractivity contribution in [3.63, 3.8) is 0 Å². The number of aromatic hydroxyl groups is 8. The van der Waals surface area contributed by atoms with Crippen LogP contribution in [0.25, 0.3) is 6.08 Å². The predicted octanol–water partition coefficient (Wildman–Crippen LogP) is 0.644. The van der Waals surface area contributed by atoms with Crippen molar-refractivity contribution in [2.75, 3.05) is 6.61 Å². The number of phenols is 7. The van der Waals surface area contributed by atoms with Crippen LogP contribution in [0.3, 0.4) is 0 Å². The van der Waals surface area contributed by atoms with Crippen LogP contribution >= 0.6 is 0 Å². The zero-order chi connectivity index (χ0) is 31.2. The minimum atomic E-state index is -1.91. The first-order valence-corrected chi connectivity index (χ1v) is 12.6. The van der Waals surface area contributed by atoms with Crippen LogP contribution in [-0.2, 0) is 14.2 Å². The highest BCUT2D eigenvalue weighted by molar-refractivity contribution is 5.91. The second kappa shape index (κ2) is 11.3. The van der Waals surface area contributed by atoms with Gasteiger partial charge in [0.25, 0.3) is 11.9 Å². The van der Waals surface area contributed by atoms with Crippen LogP contribution in [0.4, 0.5) is 0 Å².